The molecule has 2 rings (SSSR count). The van der Waals surface area contributed by atoms with E-state index in [1.807, 2.05) is 19.1 Å². The maximum Gasteiger partial charge on any atom is 0.168 e. The number of nitrogens with two attached hydrogens (primary N) is 1. The molecule has 5 heteroatoms. The molecule has 0 unspecified atom stereocenters. The van der Waals surface area contributed by atoms with Crippen molar-refractivity contribution in [2.75, 3.05) is 17.2 Å². The molecule has 2 N–H and O–H groups in total. The van der Waals surface area contributed by atoms with Gasteiger partial charge in [0.15, 0.2) is 11.6 Å². The first kappa shape index (κ1) is 14.2. The molecule has 0 aliphatic carbocycles. The van der Waals surface area contributed by atoms with Gasteiger partial charge in [-0.2, -0.15) is 0 Å². The Morgan fingerprint density at radius 2 is 1.90 bits per heavy atom. The fourth-order valence-electron chi connectivity index (χ4n) is 2.01. The van der Waals surface area contributed by atoms with Crippen LogP contribution in [0.4, 0.5) is 20.3 Å². The molecule has 0 radical (unpaired) electrons. The largest absolute Gasteiger partial charge is 0.399 e. The standard InChI is InChI=1S/C15H17F2N3/c1-2-7-20(10-11-3-5-13(18)6-4-11)15-14(17)8-12(16)9-19-15/h3-6,8-9H,2,7,10,18H2,1H3. The van der Waals surface area contributed by atoms with Crippen LogP contribution in [0.2, 0.25) is 0 Å². The topological polar surface area (TPSA) is 42.1 Å². The van der Waals surface area contributed by atoms with E-state index < -0.39 is 11.6 Å². The van der Waals surface area contributed by atoms with Gasteiger partial charge in [-0.3, -0.25) is 0 Å². The third-order valence-electron chi connectivity index (χ3n) is 2.93. The SMILES string of the molecule is CCCN(Cc1ccc(N)cc1)c1ncc(F)cc1F. The van der Waals surface area contributed by atoms with Gasteiger partial charge < -0.3 is 10.6 Å². The van der Waals surface area contributed by atoms with E-state index >= 15 is 0 Å². The zero-order chi connectivity index (χ0) is 14.5. The maximum atomic E-state index is 13.8. The normalized spacial score (nSPS) is 10.6. The summed E-state index contributed by atoms with van der Waals surface area (Å²) in [4.78, 5) is 5.65. The van der Waals surface area contributed by atoms with Crippen LogP contribution < -0.4 is 10.6 Å². The van der Waals surface area contributed by atoms with E-state index in [9.17, 15) is 8.78 Å². The van der Waals surface area contributed by atoms with Crippen molar-refractivity contribution in [1.82, 2.24) is 4.98 Å². The Balaban J connectivity index is 2.24. The van der Waals surface area contributed by atoms with E-state index in [1.54, 1.807) is 17.0 Å². The van der Waals surface area contributed by atoms with E-state index in [0.29, 0.717) is 18.8 Å². The number of hydrogen-bond donors (Lipinski definition) is 1. The molecule has 0 saturated heterocycles. The van der Waals surface area contributed by atoms with Gasteiger partial charge in [0, 0.05) is 24.8 Å². The number of rotatable bonds is 5. The van der Waals surface area contributed by atoms with Crippen molar-refractivity contribution in [2.45, 2.75) is 19.9 Å². The third-order valence-corrected chi connectivity index (χ3v) is 2.93. The average Bonchev–Trinajstić information content (AvgIpc) is 2.41. The fourth-order valence-corrected chi connectivity index (χ4v) is 2.01. The lowest BCUT2D eigenvalue weighted by Gasteiger charge is -2.23. The van der Waals surface area contributed by atoms with Crippen molar-refractivity contribution >= 4 is 11.5 Å². The Morgan fingerprint density at radius 1 is 1.20 bits per heavy atom. The van der Waals surface area contributed by atoms with Gasteiger partial charge in [-0.1, -0.05) is 19.1 Å². The van der Waals surface area contributed by atoms with E-state index in [2.05, 4.69) is 4.98 Å². The van der Waals surface area contributed by atoms with E-state index in [4.69, 9.17) is 5.73 Å². The number of hydrogen-bond acceptors (Lipinski definition) is 3. The number of halogens is 2. The monoisotopic (exact) mass is 277 g/mol. The van der Waals surface area contributed by atoms with Gasteiger partial charge in [-0.05, 0) is 24.1 Å². The van der Waals surface area contributed by atoms with Crippen LogP contribution in [0.3, 0.4) is 0 Å². The molecule has 1 aromatic heterocycles. The number of pyridine rings is 1. The summed E-state index contributed by atoms with van der Waals surface area (Å²) in [6.07, 6.45) is 1.87. The predicted molar refractivity (Wildman–Crippen MR) is 76.3 cm³/mol. The summed E-state index contributed by atoms with van der Waals surface area (Å²) in [7, 11) is 0. The van der Waals surface area contributed by atoms with Crippen molar-refractivity contribution < 1.29 is 8.78 Å². The lowest BCUT2D eigenvalue weighted by molar-refractivity contribution is 0.565. The Morgan fingerprint density at radius 3 is 2.50 bits per heavy atom. The smallest absolute Gasteiger partial charge is 0.168 e. The predicted octanol–water partition coefficient (Wildman–Crippen LogP) is 3.36. The van der Waals surface area contributed by atoms with Crippen LogP contribution in [-0.4, -0.2) is 11.5 Å². The van der Waals surface area contributed by atoms with Crippen LogP contribution in [0.15, 0.2) is 36.5 Å². The number of benzene rings is 1. The number of anilines is 2. The second kappa shape index (κ2) is 6.32. The molecule has 0 aliphatic rings. The highest BCUT2D eigenvalue weighted by Gasteiger charge is 2.14. The minimum atomic E-state index is -0.671. The highest BCUT2D eigenvalue weighted by molar-refractivity contribution is 5.43. The van der Waals surface area contributed by atoms with Gasteiger partial charge in [0.25, 0.3) is 0 Å². The van der Waals surface area contributed by atoms with Crippen LogP contribution in [-0.2, 0) is 6.54 Å². The molecule has 0 aliphatic heterocycles. The molecule has 0 atom stereocenters. The lowest BCUT2D eigenvalue weighted by Crippen LogP contribution is -2.25. The van der Waals surface area contributed by atoms with Gasteiger partial charge in [0.05, 0.1) is 6.20 Å². The molecule has 0 amide bonds. The van der Waals surface area contributed by atoms with E-state index in [-0.39, 0.29) is 5.82 Å². The number of aromatic nitrogens is 1. The van der Waals surface area contributed by atoms with Gasteiger partial charge in [-0.25, -0.2) is 13.8 Å². The molecular formula is C15H17F2N3. The molecule has 0 bridgehead atoms. The second-order valence-corrected chi connectivity index (χ2v) is 4.62. The maximum absolute atomic E-state index is 13.8. The molecular weight excluding hydrogens is 260 g/mol. The summed E-state index contributed by atoms with van der Waals surface area (Å²) in [6.45, 7) is 3.14. The van der Waals surface area contributed by atoms with Gasteiger partial charge in [-0.15, -0.1) is 0 Å². The first-order valence-electron chi connectivity index (χ1n) is 6.50. The van der Waals surface area contributed by atoms with Crippen LogP contribution in [0.1, 0.15) is 18.9 Å². The molecule has 20 heavy (non-hydrogen) atoms. The highest BCUT2D eigenvalue weighted by Crippen LogP contribution is 2.20. The van der Waals surface area contributed by atoms with E-state index in [1.165, 1.54) is 0 Å². The fraction of sp³-hybridized carbons (Fsp3) is 0.267. The quantitative estimate of drug-likeness (QED) is 0.852. The van der Waals surface area contributed by atoms with Crippen LogP contribution >= 0.6 is 0 Å². The summed E-state index contributed by atoms with van der Waals surface area (Å²) in [5.41, 5.74) is 7.32. The molecule has 1 aromatic carbocycles. The summed E-state index contributed by atoms with van der Waals surface area (Å²) in [5.74, 6) is -1.14. The van der Waals surface area contributed by atoms with Gasteiger partial charge in [0.1, 0.15) is 5.82 Å². The van der Waals surface area contributed by atoms with Crippen molar-refractivity contribution in [3.8, 4) is 0 Å². The van der Waals surface area contributed by atoms with Crippen molar-refractivity contribution in [3.05, 3.63) is 53.7 Å². The Labute approximate surface area is 117 Å². The van der Waals surface area contributed by atoms with Gasteiger partial charge >= 0.3 is 0 Å². The highest BCUT2D eigenvalue weighted by atomic mass is 19.1. The summed E-state index contributed by atoms with van der Waals surface area (Å²) < 4.78 is 26.8. The van der Waals surface area contributed by atoms with Gasteiger partial charge in [0.2, 0.25) is 0 Å². The Hall–Kier alpha value is -2.17. The second-order valence-electron chi connectivity index (χ2n) is 4.62. The number of nitrogens with zero attached hydrogens (tertiary/aromatic N) is 2. The average molecular weight is 277 g/mol. The minimum absolute atomic E-state index is 0.171. The molecule has 106 valence electrons. The van der Waals surface area contributed by atoms with Crippen LogP contribution in [0.25, 0.3) is 0 Å². The summed E-state index contributed by atoms with van der Waals surface area (Å²) in [6, 6.07) is 8.23. The zero-order valence-electron chi connectivity index (χ0n) is 11.3. The first-order chi connectivity index (χ1) is 9.60. The number of nitrogen functional groups attached to an aromatic ring is 1. The lowest BCUT2D eigenvalue weighted by atomic mass is 10.2. The molecule has 2 aromatic rings. The molecule has 3 nitrogen and oxygen atoms in total. The molecule has 1 heterocycles. The third kappa shape index (κ3) is 3.44. The van der Waals surface area contributed by atoms with Crippen molar-refractivity contribution in [1.29, 1.82) is 0 Å². The van der Waals surface area contributed by atoms with Crippen molar-refractivity contribution in [3.63, 3.8) is 0 Å². The van der Waals surface area contributed by atoms with Crippen LogP contribution in [0.5, 0.6) is 0 Å². The summed E-state index contributed by atoms with van der Waals surface area (Å²) >= 11 is 0. The Bertz CT molecular complexity index is 570. The van der Waals surface area contributed by atoms with E-state index in [0.717, 1.165) is 24.2 Å². The molecule has 0 fully saturated rings. The minimum Gasteiger partial charge on any atom is -0.399 e. The van der Waals surface area contributed by atoms with Crippen molar-refractivity contribution in [2.24, 2.45) is 0 Å². The zero-order valence-corrected chi connectivity index (χ0v) is 11.3. The summed E-state index contributed by atoms with van der Waals surface area (Å²) in [5, 5.41) is 0. The first-order valence-corrected chi connectivity index (χ1v) is 6.50. The van der Waals surface area contributed by atoms with Crippen LogP contribution in [0, 0.1) is 11.6 Å². The molecule has 0 spiro atoms. The Kier molecular flexibility index (Phi) is 4.50. The molecule has 0 saturated carbocycles.